The molecule has 1 aliphatic carbocycles. The third-order valence-corrected chi connectivity index (χ3v) is 2.68. The summed E-state index contributed by atoms with van der Waals surface area (Å²) in [5.74, 6) is 0.0152. The normalized spacial score (nSPS) is 27.3. The van der Waals surface area contributed by atoms with Crippen molar-refractivity contribution in [1.82, 2.24) is 5.32 Å². The van der Waals surface area contributed by atoms with Gasteiger partial charge in [-0.1, -0.05) is 12.8 Å². The molecule has 1 aliphatic rings. The summed E-state index contributed by atoms with van der Waals surface area (Å²) in [5, 5.41) is 12.5. The maximum atomic E-state index is 11.3. The summed E-state index contributed by atoms with van der Waals surface area (Å²) in [4.78, 5) is 11.3. The molecule has 0 aromatic carbocycles. The summed E-state index contributed by atoms with van der Waals surface area (Å²) in [7, 11) is 0. The van der Waals surface area contributed by atoms with Crippen LogP contribution in [0.15, 0.2) is 0 Å². The molecule has 14 heavy (non-hydrogen) atoms. The van der Waals surface area contributed by atoms with Gasteiger partial charge >= 0.3 is 0 Å². The number of aliphatic hydroxyl groups excluding tert-OH is 1. The Morgan fingerprint density at radius 2 is 2.14 bits per heavy atom. The molecule has 0 unspecified atom stereocenters. The highest BCUT2D eigenvalue weighted by molar-refractivity contribution is 5.76. The third kappa shape index (κ3) is 3.64. The van der Waals surface area contributed by atoms with Gasteiger partial charge in [0.2, 0.25) is 5.91 Å². The van der Waals surface area contributed by atoms with Gasteiger partial charge in [0.1, 0.15) is 0 Å². The lowest BCUT2D eigenvalue weighted by Gasteiger charge is -2.28. The molecule has 4 N–H and O–H groups in total. The minimum absolute atomic E-state index is 0.0152. The molecular weight excluding hydrogens is 180 g/mol. The highest BCUT2D eigenvalue weighted by atomic mass is 16.3. The van der Waals surface area contributed by atoms with E-state index in [0.717, 1.165) is 25.7 Å². The topological polar surface area (TPSA) is 75.4 Å². The van der Waals surface area contributed by atoms with Gasteiger partial charge in [-0.25, -0.2) is 0 Å². The van der Waals surface area contributed by atoms with Crippen LogP contribution in [0.3, 0.4) is 0 Å². The van der Waals surface area contributed by atoms with Crippen LogP contribution in [-0.2, 0) is 4.79 Å². The van der Waals surface area contributed by atoms with E-state index in [4.69, 9.17) is 5.73 Å². The van der Waals surface area contributed by atoms with Gasteiger partial charge in [-0.2, -0.15) is 0 Å². The smallest absolute Gasteiger partial charge is 0.220 e. The Hall–Kier alpha value is -0.610. The molecule has 1 amide bonds. The van der Waals surface area contributed by atoms with Gasteiger partial charge < -0.3 is 16.2 Å². The molecule has 0 heterocycles. The second kappa shape index (κ2) is 5.98. The van der Waals surface area contributed by atoms with Crippen LogP contribution in [0.5, 0.6) is 0 Å². The number of amides is 1. The average molecular weight is 200 g/mol. The second-order valence-electron chi connectivity index (χ2n) is 3.92. The van der Waals surface area contributed by atoms with Gasteiger partial charge in [0.15, 0.2) is 0 Å². The average Bonchev–Trinajstić information content (AvgIpc) is 2.18. The van der Waals surface area contributed by atoms with Crippen LogP contribution in [0.25, 0.3) is 0 Å². The fraction of sp³-hybridized carbons (Fsp3) is 0.900. The molecular formula is C10H20N2O2. The summed E-state index contributed by atoms with van der Waals surface area (Å²) in [5.41, 5.74) is 5.31. The molecule has 82 valence electrons. The quantitative estimate of drug-likeness (QED) is 0.604. The number of hydrogen-bond donors (Lipinski definition) is 3. The van der Waals surface area contributed by atoms with E-state index in [-0.39, 0.29) is 18.1 Å². The lowest BCUT2D eigenvalue weighted by atomic mass is 9.92. The molecule has 4 nitrogen and oxygen atoms in total. The number of carbonyl (C=O) groups excluding carboxylic acids is 1. The summed E-state index contributed by atoms with van der Waals surface area (Å²) in [6.45, 7) is 0.542. The summed E-state index contributed by atoms with van der Waals surface area (Å²) < 4.78 is 0. The number of nitrogens with two attached hydrogens (primary N) is 1. The predicted octanol–water partition coefficient (Wildman–Crippen LogP) is 0.145. The lowest BCUT2D eigenvalue weighted by Crippen LogP contribution is -2.45. The van der Waals surface area contributed by atoms with E-state index in [1.165, 1.54) is 0 Å². The van der Waals surface area contributed by atoms with Crippen LogP contribution in [0.2, 0.25) is 0 Å². The molecule has 0 bridgehead atoms. The van der Waals surface area contributed by atoms with Crippen molar-refractivity contribution >= 4 is 5.91 Å². The first-order valence-electron chi connectivity index (χ1n) is 5.41. The van der Waals surface area contributed by atoms with Crippen LogP contribution < -0.4 is 11.1 Å². The monoisotopic (exact) mass is 200 g/mol. The molecule has 1 fully saturated rings. The Labute approximate surface area is 84.9 Å². The number of carbonyl (C=O) groups is 1. The van der Waals surface area contributed by atoms with E-state index < -0.39 is 0 Å². The maximum Gasteiger partial charge on any atom is 0.220 e. The third-order valence-electron chi connectivity index (χ3n) is 2.68. The van der Waals surface area contributed by atoms with Crippen molar-refractivity contribution in [3.63, 3.8) is 0 Å². The molecule has 0 aromatic heterocycles. The first-order chi connectivity index (χ1) is 6.74. The zero-order chi connectivity index (χ0) is 10.4. The predicted molar refractivity (Wildman–Crippen MR) is 54.7 cm³/mol. The number of nitrogens with one attached hydrogen (secondary N) is 1. The summed E-state index contributed by atoms with van der Waals surface area (Å²) in [6.07, 6.45) is 4.70. The lowest BCUT2D eigenvalue weighted by molar-refractivity contribution is -0.123. The van der Waals surface area contributed by atoms with Crippen molar-refractivity contribution < 1.29 is 9.90 Å². The van der Waals surface area contributed by atoms with E-state index in [9.17, 15) is 9.90 Å². The van der Waals surface area contributed by atoms with Crippen LogP contribution in [0.4, 0.5) is 0 Å². The van der Waals surface area contributed by atoms with Gasteiger partial charge in [0, 0.05) is 6.42 Å². The molecule has 0 spiro atoms. The van der Waals surface area contributed by atoms with Gasteiger partial charge in [-0.05, 0) is 25.8 Å². The molecule has 0 saturated heterocycles. The van der Waals surface area contributed by atoms with Gasteiger partial charge in [0.05, 0.1) is 12.1 Å². The van der Waals surface area contributed by atoms with Crippen LogP contribution in [0.1, 0.15) is 38.5 Å². The zero-order valence-corrected chi connectivity index (χ0v) is 8.54. The van der Waals surface area contributed by atoms with Crippen molar-refractivity contribution in [3.05, 3.63) is 0 Å². The van der Waals surface area contributed by atoms with Crippen LogP contribution in [0, 0.1) is 0 Å². The van der Waals surface area contributed by atoms with E-state index in [2.05, 4.69) is 5.32 Å². The molecule has 0 radical (unpaired) electrons. The molecule has 4 heteroatoms. The van der Waals surface area contributed by atoms with E-state index >= 15 is 0 Å². The highest BCUT2D eigenvalue weighted by Crippen LogP contribution is 2.18. The SMILES string of the molecule is NCCCC(=O)N[C@@H]1CCCC[C@H]1O. The molecule has 1 rings (SSSR count). The molecule has 2 atom stereocenters. The minimum atomic E-state index is -0.356. The largest absolute Gasteiger partial charge is 0.391 e. The van der Waals surface area contributed by atoms with Crippen LogP contribution >= 0.6 is 0 Å². The first-order valence-corrected chi connectivity index (χ1v) is 5.41. The molecule has 0 aliphatic heterocycles. The first kappa shape index (κ1) is 11.5. The number of aliphatic hydroxyl groups is 1. The van der Waals surface area contributed by atoms with E-state index in [0.29, 0.717) is 19.4 Å². The van der Waals surface area contributed by atoms with Gasteiger partial charge in [0.25, 0.3) is 0 Å². The highest BCUT2D eigenvalue weighted by Gasteiger charge is 2.23. The number of hydrogen-bond acceptors (Lipinski definition) is 3. The van der Waals surface area contributed by atoms with E-state index in [1.807, 2.05) is 0 Å². The summed E-state index contributed by atoms with van der Waals surface area (Å²) in [6, 6.07) is -0.0333. The minimum Gasteiger partial charge on any atom is -0.391 e. The number of rotatable bonds is 4. The Kier molecular flexibility index (Phi) is 4.90. The Bertz CT molecular complexity index is 185. The van der Waals surface area contributed by atoms with Crippen molar-refractivity contribution in [2.24, 2.45) is 5.73 Å². The Balaban J connectivity index is 2.23. The Morgan fingerprint density at radius 3 is 2.79 bits per heavy atom. The molecule has 1 saturated carbocycles. The van der Waals surface area contributed by atoms with Gasteiger partial charge in [-0.15, -0.1) is 0 Å². The van der Waals surface area contributed by atoms with Crippen molar-refractivity contribution in [2.45, 2.75) is 50.7 Å². The summed E-state index contributed by atoms with van der Waals surface area (Å²) >= 11 is 0. The van der Waals surface area contributed by atoms with Crippen LogP contribution in [-0.4, -0.2) is 29.7 Å². The molecule has 0 aromatic rings. The van der Waals surface area contributed by atoms with Crippen molar-refractivity contribution in [2.75, 3.05) is 6.54 Å². The Morgan fingerprint density at radius 1 is 1.43 bits per heavy atom. The maximum absolute atomic E-state index is 11.3. The standard InChI is InChI=1S/C10H20N2O2/c11-7-3-6-10(14)12-8-4-1-2-5-9(8)13/h8-9,13H,1-7,11H2,(H,12,14)/t8-,9-/m1/s1. The van der Waals surface area contributed by atoms with E-state index in [1.54, 1.807) is 0 Å². The van der Waals surface area contributed by atoms with Gasteiger partial charge in [-0.3, -0.25) is 4.79 Å². The fourth-order valence-corrected chi connectivity index (χ4v) is 1.82. The van der Waals surface area contributed by atoms with Crippen molar-refractivity contribution in [1.29, 1.82) is 0 Å². The fourth-order valence-electron chi connectivity index (χ4n) is 1.82. The zero-order valence-electron chi connectivity index (χ0n) is 8.54. The second-order valence-corrected chi connectivity index (χ2v) is 3.92. The van der Waals surface area contributed by atoms with Crippen molar-refractivity contribution in [3.8, 4) is 0 Å².